The topological polar surface area (TPSA) is 66.9 Å². The number of aryl methyl sites for hydroxylation is 2. The van der Waals surface area contributed by atoms with E-state index in [4.69, 9.17) is 0 Å². The van der Waals surface area contributed by atoms with Gasteiger partial charge in [-0.25, -0.2) is 0 Å². The molecule has 2 aromatic rings. The quantitative estimate of drug-likeness (QED) is 0.885. The molecule has 0 bridgehead atoms. The van der Waals surface area contributed by atoms with Crippen LogP contribution in [0, 0.1) is 13.8 Å². The second kappa shape index (κ2) is 6.83. The van der Waals surface area contributed by atoms with Gasteiger partial charge in [-0.2, -0.15) is 0 Å². The smallest absolute Gasteiger partial charge is 0.271 e. The molecule has 0 unspecified atom stereocenters. The van der Waals surface area contributed by atoms with Crippen molar-refractivity contribution in [3.05, 3.63) is 47.2 Å². The minimum absolute atomic E-state index is 0.192. The lowest BCUT2D eigenvalue weighted by molar-refractivity contribution is 0.0947. The highest BCUT2D eigenvalue weighted by molar-refractivity contribution is 5.92. The molecule has 0 radical (unpaired) electrons. The Morgan fingerprint density at radius 3 is 2.38 bits per heavy atom. The van der Waals surface area contributed by atoms with Crippen molar-refractivity contribution in [1.29, 1.82) is 0 Å². The number of amides is 1. The lowest BCUT2D eigenvalue weighted by Crippen LogP contribution is -2.25. The van der Waals surface area contributed by atoms with Crippen LogP contribution in [0.2, 0.25) is 0 Å². The Morgan fingerprint density at radius 1 is 1.10 bits per heavy atom. The van der Waals surface area contributed by atoms with Crippen LogP contribution in [0.3, 0.4) is 0 Å². The SMILES string of the molecule is CCCNC(=O)c1ccc(Nc2cc(C)cc(C)c2)nn1. The zero-order valence-electron chi connectivity index (χ0n) is 12.6. The summed E-state index contributed by atoms with van der Waals surface area (Å²) in [5.74, 6) is 0.425. The summed E-state index contributed by atoms with van der Waals surface area (Å²) in [6.45, 7) is 6.74. The van der Waals surface area contributed by atoms with Gasteiger partial charge in [0.2, 0.25) is 0 Å². The maximum absolute atomic E-state index is 11.7. The molecule has 0 fully saturated rings. The van der Waals surface area contributed by atoms with Crippen molar-refractivity contribution in [2.45, 2.75) is 27.2 Å². The van der Waals surface area contributed by atoms with Gasteiger partial charge in [-0.1, -0.05) is 13.0 Å². The minimum Gasteiger partial charge on any atom is -0.351 e. The first-order valence-corrected chi connectivity index (χ1v) is 7.05. The van der Waals surface area contributed by atoms with Gasteiger partial charge in [0, 0.05) is 12.2 Å². The first kappa shape index (κ1) is 15.0. The van der Waals surface area contributed by atoms with Crippen LogP contribution in [0.1, 0.15) is 35.0 Å². The predicted octanol–water partition coefficient (Wildman–Crippen LogP) is 2.98. The van der Waals surface area contributed by atoms with Crippen LogP contribution in [0.15, 0.2) is 30.3 Å². The molecule has 21 heavy (non-hydrogen) atoms. The Bertz CT molecular complexity index is 602. The van der Waals surface area contributed by atoms with Gasteiger partial charge in [0.15, 0.2) is 11.5 Å². The largest absolute Gasteiger partial charge is 0.351 e. The monoisotopic (exact) mass is 284 g/mol. The molecule has 1 heterocycles. The number of hydrogen-bond acceptors (Lipinski definition) is 4. The van der Waals surface area contributed by atoms with Crippen molar-refractivity contribution in [3.8, 4) is 0 Å². The summed E-state index contributed by atoms with van der Waals surface area (Å²) in [6.07, 6.45) is 0.894. The summed E-state index contributed by atoms with van der Waals surface area (Å²) in [7, 11) is 0. The molecule has 1 aromatic carbocycles. The van der Waals surface area contributed by atoms with Crippen molar-refractivity contribution in [1.82, 2.24) is 15.5 Å². The van der Waals surface area contributed by atoms with Crippen LogP contribution < -0.4 is 10.6 Å². The molecule has 5 nitrogen and oxygen atoms in total. The molecule has 0 aliphatic rings. The van der Waals surface area contributed by atoms with E-state index in [-0.39, 0.29) is 5.91 Å². The Labute approximate surface area is 124 Å². The van der Waals surface area contributed by atoms with E-state index in [2.05, 4.69) is 26.9 Å². The van der Waals surface area contributed by atoms with Gasteiger partial charge in [-0.15, -0.1) is 10.2 Å². The van der Waals surface area contributed by atoms with Gasteiger partial charge in [0.25, 0.3) is 5.91 Å². The lowest BCUT2D eigenvalue weighted by atomic mass is 10.1. The van der Waals surface area contributed by atoms with E-state index in [0.717, 1.165) is 12.1 Å². The van der Waals surface area contributed by atoms with Gasteiger partial charge in [0.05, 0.1) is 0 Å². The first-order chi connectivity index (χ1) is 10.1. The fourth-order valence-electron chi connectivity index (χ4n) is 2.04. The van der Waals surface area contributed by atoms with Crippen molar-refractivity contribution in [3.63, 3.8) is 0 Å². The van der Waals surface area contributed by atoms with Crippen molar-refractivity contribution in [2.24, 2.45) is 0 Å². The number of nitrogens with zero attached hydrogens (tertiary/aromatic N) is 2. The molecule has 1 amide bonds. The van der Waals surface area contributed by atoms with E-state index in [9.17, 15) is 4.79 Å². The van der Waals surface area contributed by atoms with Crippen LogP contribution in [0.5, 0.6) is 0 Å². The minimum atomic E-state index is -0.192. The van der Waals surface area contributed by atoms with Crippen molar-refractivity contribution < 1.29 is 4.79 Å². The zero-order valence-corrected chi connectivity index (χ0v) is 12.6. The number of hydrogen-bond donors (Lipinski definition) is 2. The van der Waals surface area contributed by atoms with Crippen LogP contribution in [0.4, 0.5) is 11.5 Å². The van der Waals surface area contributed by atoms with E-state index >= 15 is 0 Å². The first-order valence-electron chi connectivity index (χ1n) is 7.05. The number of carbonyl (C=O) groups is 1. The molecule has 0 spiro atoms. The maximum atomic E-state index is 11.7. The van der Waals surface area contributed by atoms with Crippen molar-refractivity contribution >= 4 is 17.4 Å². The number of aromatic nitrogens is 2. The average molecular weight is 284 g/mol. The van der Waals surface area contributed by atoms with Crippen LogP contribution in [-0.2, 0) is 0 Å². The third-order valence-electron chi connectivity index (χ3n) is 2.93. The second-order valence-electron chi connectivity index (χ2n) is 5.06. The summed E-state index contributed by atoms with van der Waals surface area (Å²) in [4.78, 5) is 11.7. The highest BCUT2D eigenvalue weighted by Gasteiger charge is 2.07. The van der Waals surface area contributed by atoms with E-state index in [1.54, 1.807) is 12.1 Å². The molecular formula is C16H20N4O. The number of nitrogens with one attached hydrogen (secondary N) is 2. The lowest BCUT2D eigenvalue weighted by Gasteiger charge is -2.08. The molecule has 110 valence electrons. The predicted molar refractivity (Wildman–Crippen MR) is 83.9 cm³/mol. The molecule has 0 saturated carbocycles. The molecule has 2 rings (SSSR count). The normalized spacial score (nSPS) is 10.2. The molecular weight excluding hydrogens is 264 g/mol. The molecule has 0 aliphatic carbocycles. The summed E-state index contributed by atoms with van der Waals surface area (Å²) >= 11 is 0. The van der Waals surface area contributed by atoms with Gasteiger partial charge in [-0.05, 0) is 55.7 Å². The summed E-state index contributed by atoms with van der Waals surface area (Å²) < 4.78 is 0. The molecule has 1 aromatic heterocycles. The number of rotatable bonds is 5. The fraction of sp³-hybridized carbons (Fsp3) is 0.312. The van der Waals surface area contributed by atoms with Gasteiger partial charge in [-0.3, -0.25) is 4.79 Å². The summed E-state index contributed by atoms with van der Waals surface area (Å²) in [5, 5.41) is 13.9. The molecule has 0 aliphatic heterocycles. The Morgan fingerprint density at radius 2 is 1.81 bits per heavy atom. The third-order valence-corrected chi connectivity index (χ3v) is 2.93. The second-order valence-corrected chi connectivity index (χ2v) is 5.06. The number of anilines is 2. The number of carbonyl (C=O) groups excluding carboxylic acids is 1. The van der Waals surface area contributed by atoms with E-state index in [1.807, 2.05) is 32.9 Å². The highest BCUT2D eigenvalue weighted by atomic mass is 16.1. The fourth-order valence-corrected chi connectivity index (χ4v) is 2.04. The van der Waals surface area contributed by atoms with E-state index in [0.29, 0.717) is 18.1 Å². The molecule has 2 N–H and O–H groups in total. The van der Waals surface area contributed by atoms with Crippen molar-refractivity contribution in [2.75, 3.05) is 11.9 Å². The Kier molecular flexibility index (Phi) is 4.87. The van der Waals surface area contributed by atoms with Crippen LogP contribution in [-0.4, -0.2) is 22.6 Å². The van der Waals surface area contributed by atoms with E-state index in [1.165, 1.54) is 11.1 Å². The van der Waals surface area contributed by atoms with Crippen LogP contribution in [0.25, 0.3) is 0 Å². The number of benzene rings is 1. The average Bonchev–Trinajstić information content (AvgIpc) is 2.44. The zero-order chi connectivity index (χ0) is 15.2. The van der Waals surface area contributed by atoms with Gasteiger partial charge >= 0.3 is 0 Å². The van der Waals surface area contributed by atoms with Gasteiger partial charge in [0.1, 0.15) is 0 Å². The van der Waals surface area contributed by atoms with Crippen LogP contribution >= 0.6 is 0 Å². The summed E-state index contributed by atoms with van der Waals surface area (Å²) in [6, 6.07) is 9.61. The Balaban J connectivity index is 2.07. The standard InChI is InChI=1S/C16H20N4O/c1-4-7-17-16(21)14-5-6-15(20-19-14)18-13-9-11(2)8-12(3)10-13/h5-6,8-10H,4,7H2,1-3H3,(H,17,21)(H,18,20). The Hall–Kier alpha value is -2.43. The summed E-state index contributed by atoms with van der Waals surface area (Å²) in [5.41, 5.74) is 3.65. The maximum Gasteiger partial charge on any atom is 0.271 e. The molecule has 0 atom stereocenters. The molecule has 5 heteroatoms. The highest BCUT2D eigenvalue weighted by Crippen LogP contribution is 2.17. The molecule has 0 saturated heterocycles. The third kappa shape index (κ3) is 4.27. The van der Waals surface area contributed by atoms with Gasteiger partial charge < -0.3 is 10.6 Å². The van der Waals surface area contributed by atoms with E-state index < -0.39 is 0 Å².